The molecule has 0 atom stereocenters. The molecule has 0 radical (unpaired) electrons. The van der Waals surface area contributed by atoms with E-state index in [-0.39, 0.29) is 6.04 Å². The Bertz CT molecular complexity index is 366. The van der Waals surface area contributed by atoms with Gasteiger partial charge < -0.3 is 14.8 Å². The van der Waals surface area contributed by atoms with Gasteiger partial charge in [-0.3, -0.25) is 0 Å². The van der Waals surface area contributed by atoms with E-state index in [1.165, 1.54) is 11.1 Å². The van der Waals surface area contributed by atoms with Gasteiger partial charge in [-0.1, -0.05) is 29.8 Å². The highest BCUT2D eigenvalue weighted by molar-refractivity contribution is 5.22. The first-order valence-electron chi connectivity index (χ1n) is 6.12. The van der Waals surface area contributed by atoms with E-state index in [4.69, 9.17) is 9.47 Å². The Labute approximate surface area is 103 Å². The van der Waals surface area contributed by atoms with Crippen LogP contribution in [-0.4, -0.2) is 25.0 Å². The number of benzene rings is 1. The Hall–Kier alpha value is -0.900. The molecule has 0 amide bonds. The minimum absolute atomic E-state index is 0.281. The van der Waals surface area contributed by atoms with Crippen LogP contribution in [0.4, 0.5) is 0 Å². The van der Waals surface area contributed by atoms with E-state index in [2.05, 4.69) is 36.5 Å². The second kappa shape index (κ2) is 5.17. The molecule has 2 rings (SSSR count). The lowest BCUT2D eigenvalue weighted by molar-refractivity contribution is -0.253. The van der Waals surface area contributed by atoms with Crippen molar-refractivity contribution in [1.29, 1.82) is 0 Å². The number of ether oxygens (including phenoxy) is 2. The molecule has 1 N–H and O–H groups in total. The molecule has 3 nitrogen and oxygen atoms in total. The van der Waals surface area contributed by atoms with Crippen LogP contribution in [0.1, 0.15) is 25.0 Å². The summed E-state index contributed by atoms with van der Waals surface area (Å²) in [5.74, 6) is -0.429. The number of hydrogen-bond donors (Lipinski definition) is 1. The standard InChI is InChI=1S/C14H21NO2/c1-11-5-4-6-12(7-11)8-15-13-9-16-14(2,3)17-10-13/h4-7,13,15H,8-10H2,1-3H3. The van der Waals surface area contributed by atoms with Crippen LogP contribution in [0, 0.1) is 6.92 Å². The predicted octanol–water partition coefficient (Wildman–Crippen LogP) is 2.24. The SMILES string of the molecule is Cc1cccc(CNC2COC(C)(C)OC2)c1. The van der Waals surface area contributed by atoms with Crippen molar-refractivity contribution >= 4 is 0 Å². The van der Waals surface area contributed by atoms with Crippen LogP contribution in [0.2, 0.25) is 0 Å². The first-order valence-corrected chi connectivity index (χ1v) is 6.12. The summed E-state index contributed by atoms with van der Waals surface area (Å²) in [5, 5.41) is 3.45. The topological polar surface area (TPSA) is 30.5 Å². The van der Waals surface area contributed by atoms with Gasteiger partial charge in [0.25, 0.3) is 0 Å². The molecule has 1 aliphatic rings. The summed E-state index contributed by atoms with van der Waals surface area (Å²) < 4.78 is 11.2. The van der Waals surface area contributed by atoms with Crippen molar-refractivity contribution in [2.75, 3.05) is 13.2 Å². The number of nitrogens with one attached hydrogen (secondary N) is 1. The normalized spacial score (nSPS) is 20.4. The molecule has 1 saturated heterocycles. The Kier molecular flexibility index (Phi) is 3.82. The van der Waals surface area contributed by atoms with Crippen molar-refractivity contribution in [1.82, 2.24) is 5.32 Å². The van der Waals surface area contributed by atoms with Gasteiger partial charge in [0.05, 0.1) is 19.3 Å². The van der Waals surface area contributed by atoms with E-state index >= 15 is 0 Å². The highest BCUT2D eigenvalue weighted by Gasteiger charge is 2.27. The van der Waals surface area contributed by atoms with Crippen molar-refractivity contribution < 1.29 is 9.47 Å². The molecule has 0 saturated carbocycles. The van der Waals surface area contributed by atoms with Gasteiger partial charge in [-0.25, -0.2) is 0 Å². The third-order valence-electron chi connectivity index (χ3n) is 2.94. The molecule has 0 spiro atoms. The van der Waals surface area contributed by atoms with Gasteiger partial charge in [-0.15, -0.1) is 0 Å². The van der Waals surface area contributed by atoms with Crippen LogP contribution in [0.3, 0.4) is 0 Å². The van der Waals surface area contributed by atoms with E-state index in [0.717, 1.165) is 6.54 Å². The van der Waals surface area contributed by atoms with Gasteiger partial charge in [0.1, 0.15) is 0 Å². The zero-order valence-electron chi connectivity index (χ0n) is 10.8. The molecule has 1 heterocycles. The van der Waals surface area contributed by atoms with Gasteiger partial charge in [-0.2, -0.15) is 0 Å². The summed E-state index contributed by atoms with van der Waals surface area (Å²) in [7, 11) is 0. The lowest BCUT2D eigenvalue weighted by atomic mass is 10.1. The smallest absolute Gasteiger partial charge is 0.162 e. The summed E-state index contributed by atoms with van der Waals surface area (Å²) in [4.78, 5) is 0. The predicted molar refractivity (Wildman–Crippen MR) is 67.8 cm³/mol. The maximum absolute atomic E-state index is 5.61. The molecule has 1 aromatic carbocycles. The summed E-state index contributed by atoms with van der Waals surface area (Å²) in [6.45, 7) is 8.28. The maximum Gasteiger partial charge on any atom is 0.162 e. The lowest BCUT2D eigenvalue weighted by Crippen LogP contribution is -2.48. The fourth-order valence-electron chi connectivity index (χ4n) is 1.89. The zero-order valence-corrected chi connectivity index (χ0v) is 10.8. The summed E-state index contributed by atoms with van der Waals surface area (Å²) in [6.07, 6.45) is 0. The van der Waals surface area contributed by atoms with Crippen molar-refractivity contribution in [3.63, 3.8) is 0 Å². The van der Waals surface area contributed by atoms with E-state index in [1.54, 1.807) is 0 Å². The van der Waals surface area contributed by atoms with Gasteiger partial charge in [0.15, 0.2) is 5.79 Å². The number of hydrogen-bond acceptors (Lipinski definition) is 3. The first-order chi connectivity index (χ1) is 8.05. The maximum atomic E-state index is 5.61. The third-order valence-corrected chi connectivity index (χ3v) is 2.94. The first kappa shape index (κ1) is 12.6. The highest BCUT2D eigenvalue weighted by Crippen LogP contribution is 2.17. The van der Waals surface area contributed by atoms with Gasteiger partial charge in [0, 0.05) is 6.54 Å². The average Bonchev–Trinajstić information content (AvgIpc) is 2.28. The Morgan fingerprint density at radius 2 is 2.00 bits per heavy atom. The third kappa shape index (κ3) is 3.80. The number of aryl methyl sites for hydroxylation is 1. The van der Waals surface area contributed by atoms with Crippen molar-refractivity contribution in [2.24, 2.45) is 0 Å². The van der Waals surface area contributed by atoms with Crippen LogP contribution < -0.4 is 5.32 Å². The summed E-state index contributed by atoms with van der Waals surface area (Å²) in [6, 6.07) is 8.81. The zero-order chi connectivity index (χ0) is 12.3. The Morgan fingerprint density at radius 3 is 2.65 bits per heavy atom. The monoisotopic (exact) mass is 235 g/mol. The number of rotatable bonds is 3. The molecular formula is C14H21NO2. The molecule has 3 heteroatoms. The lowest BCUT2D eigenvalue weighted by Gasteiger charge is -2.35. The Morgan fingerprint density at radius 1 is 1.29 bits per heavy atom. The van der Waals surface area contributed by atoms with E-state index < -0.39 is 5.79 Å². The molecule has 1 aliphatic heterocycles. The van der Waals surface area contributed by atoms with E-state index in [0.29, 0.717) is 13.2 Å². The Balaban J connectivity index is 1.80. The molecule has 17 heavy (non-hydrogen) atoms. The van der Waals surface area contributed by atoms with Crippen molar-refractivity contribution in [3.05, 3.63) is 35.4 Å². The van der Waals surface area contributed by atoms with Crippen LogP contribution in [0.15, 0.2) is 24.3 Å². The minimum Gasteiger partial charge on any atom is -0.349 e. The summed E-state index contributed by atoms with van der Waals surface area (Å²) >= 11 is 0. The fraction of sp³-hybridized carbons (Fsp3) is 0.571. The van der Waals surface area contributed by atoms with Gasteiger partial charge in [-0.05, 0) is 26.3 Å². The quantitative estimate of drug-likeness (QED) is 0.871. The second-order valence-electron chi connectivity index (χ2n) is 5.09. The largest absolute Gasteiger partial charge is 0.349 e. The fourth-order valence-corrected chi connectivity index (χ4v) is 1.89. The van der Waals surface area contributed by atoms with Gasteiger partial charge in [0.2, 0.25) is 0 Å². The minimum atomic E-state index is -0.429. The average molecular weight is 235 g/mol. The molecule has 94 valence electrons. The molecule has 0 aliphatic carbocycles. The molecule has 1 aromatic rings. The van der Waals surface area contributed by atoms with Crippen molar-refractivity contribution in [2.45, 2.75) is 39.1 Å². The molecule has 0 aromatic heterocycles. The van der Waals surface area contributed by atoms with Crippen LogP contribution >= 0.6 is 0 Å². The summed E-state index contributed by atoms with van der Waals surface area (Å²) in [5.41, 5.74) is 2.59. The van der Waals surface area contributed by atoms with Crippen LogP contribution in [0.5, 0.6) is 0 Å². The molecular weight excluding hydrogens is 214 g/mol. The van der Waals surface area contributed by atoms with Crippen molar-refractivity contribution in [3.8, 4) is 0 Å². The van der Waals surface area contributed by atoms with Crippen LogP contribution in [0.25, 0.3) is 0 Å². The van der Waals surface area contributed by atoms with E-state index in [9.17, 15) is 0 Å². The van der Waals surface area contributed by atoms with Crippen LogP contribution in [-0.2, 0) is 16.0 Å². The second-order valence-corrected chi connectivity index (χ2v) is 5.09. The molecule has 0 unspecified atom stereocenters. The van der Waals surface area contributed by atoms with E-state index in [1.807, 2.05) is 13.8 Å². The molecule has 1 fully saturated rings. The van der Waals surface area contributed by atoms with Gasteiger partial charge >= 0.3 is 0 Å². The molecule has 0 bridgehead atoms. The highest BCUT2D eigenvalue weighted by atomic mass is 16.7.